The van der Waals surface area contributed by atoms with Crippen LogP contribution in [-0.2, 0) is 6.42 Å². The van der Waals surface area contributed by atoms with E-state index in [-0.39, 0.29) is 11.9 Å². The van der Waals surface area contributed by atoms with E-state index in [1.807, 2.05) is 24.3 Å². The van der Waals surface area contributed by atoms with Gasteiger partial charge in [-0.25, -0.2) is 4.39 Å². The molecule has 0 radical (unpaired) electrons. The molecule has 3 rings (SSSR count). The maximum absolute atomic E-state index is 13.4. The van der Waals surface area contributed by atoms with Gasteiger partial charge in [0.2, 0.25) is 0 Å². The third-order valence-corrected chi connectivity index (χ3v) is 3.52. The molecule has 0 bridgehead atoms. The third kappa shape index (κ3) is 3.60. The summed E-state index contributed by atoms with van der Waals surface area (Å²) in [5, 5.41) is 6.64. The molecular formula is C17H18FN3. The fourth-order valence-electron chi connectivity index (χ4n) is 2.50. The van der Waals surface area contributed by atoms with Crippen LogP contribution in [0.2, 0.25) is 0 Å². The summed E-state index contributed by atoms with van der Waals surface area (Å²) in [6.45, 7) is 1.66. The number of rotatable bonds is 4. The molecular weight excluding hydrogens is 265 g/mol. The van der Waals surface area contributed by atoms with Crippen molar-refractivity contribution in [3.05, 3.63) is 71.5 Å². The Hall–Kier alpha value is -2.36. The van der Waals surface area contributed by atoms with Gasteiger partial charge in [-0.15, -0.1) is 0 Å². The molecule has 108 valence electrons. The van der Waals surface area contributed by atoms with E-state index in [1.54, 1.807) is 12.1 Å². The maximum Gasteiger partial charge on any atom is 0.191 e. The van der Waals surface area contributed by atoms with Gasteiger partial charge in [-0.1, -0.05) is 42.5 Å². The second-order valence-electron chi connectivity index (χ2n) is 5.10. The first-order valence-corrected chi connectivity index (χ1v) is 7.15. The van der Waals surface area contributed by atoms with Gasteiger partial charge in [0.1, 0.15) is 5.82 Å². The molecule has 1 aliphatic rings. The highest BCUT2D eigenvalue weighted by Crippen LogP contribution is 2.19. The van der Waals surface area contributed by atoms with Crippen molar-refractivity contribution >= 4 is 5.96 Å². The molecule has 1 unspecified atom stereocenters. The van der Waals surface area contributed by atoms with Gasteiger partial charge in [-0.2, -0.15) is 0 Å². The molecule has 0 amide bonds. The molecule has 4 heteroatoms. The van der Waals surface area contributed by atoms with Gasteiger partial charge >= 0.3 is 0 Å². The molecule has 3 nitrogen and oxygen atoms in total. The lowest BCUT2D eigenvalue weighted by atomic mass is 9.99. The molecule has 0 fully saturated rings. The van der Waals surface area contributed by atoms with Gasteiger partial charge in [0.25, 0.3) is 0 Å². The fraction of sp³-hybridized carbons (Fsp3) is 0.235. The minimum absolute atomic E-state index is 0.0670. The zero-order valence-electron chi connectivity index (χ0n) is 11.7. The molecule has 2 aromatic carbocycles. The lowest BCUT2D eigenvalue weighted by molar-refractivity contribution is 0.610. The van der Waals surface area contributed by atoms with Gasteiger partial charge in [-0.3, -0.25) is 4.99 Å². The molecule has 0 aromatic heterocycles. The van der Waals surface area contributed by atoms with E-state index in [0.29, 0.717) is 6.42 Å². The Labute approximate surface area is 123 Å². The fourth-order valence-corrected chi connectivity index (χ4v) is 2.50. The number of guanidine groups is 1. The van der Waals surface area contributed by atoms with Crippen LogP contribution in [0.4, 0.5) is 4.39 Å². The predicted octanol–water partition coefficient (Wildman–Crippen LogP) is 2.66. The SMILES string of the molecule is Fc1cccc(CC(NC2=NCCN2)c2ccccc2)c1. The highest BCUT2D eigenvalue weighted by atomic mass is 19.1. The number of aliphatic imine (C=N–C) groups is 1. The molecule has 0 aliphatic carbocycles. The average Bonchev–Trinajstić information content (AvgIpc) is 3.01. The molecule has 2 aromatic rings. The molecule has 0 saturated carbocycles. The largest absolute Gasteiger partial charge is 0.355 e. The van der Waals surface area contributed by atoms with Crippen LogP contribution >= 0.6 is 0 Å². The number of benzene rings is 2. The van der Waals surface area contributed by atoms with E-state index in [1.165, 1.54) is 6.07 Å². The second kappa shape index (κ2) is 6.39. The Morgan fingerprint density at radius 3 is 2.71 bits per heavy atom. The third-order valence-electron chi connectivity index (χ3n) is 3.52. The van der Waals surface area contributed by atoms with Crippen LogP contribution in [0.5, 0.6) is 0 Å². The molecule has 2 N–H and O–H groups in total. The first kappa shape index (κ1) is 13.6. The predicted molar refractivity (Wildman–Crippen MR) is 82.7 cm³/mol. The summed E-state index contributed by atoms with van der Waals surface area (Å²) in [7, 11) is 0. The van der Waals surface area contributed by atoms with Crippen molar-refractivity contribution in [2.45, 2.75) is 12.5 Å². The van der Waals surface area contributed by atoms with Crippen LogP contribution in [0.15, 0.2) is 59.6 Å². The van der Waals surface area contributed by atoms with Crippen molar-refractivity contribution < 1.29 is 4.39 Å². The maximum atomic E-state index is 13.4. The second-order valence-corrected chi connectivity index (χ2v) is 5.10. The summed E-state index contributed by atoms with van der Waals surface area (Å²) in [6, 6.07) is 17.0. The summed E-state index contributed by atoms with van der Waals surface area (Å²) < 4.78 is 13.4. The van der Waals surface area contributed by atoms with Crippen molar-refractivity contribution in [1.29, 1.82) is 0 Å². The molecule has 0 spiro atoms. The first-order valence-electron chi connectivity index (χ1n) is 7.15. The Bertz CT molecular complexity index is 625. The van der Waals surface area contributed by atoms with Crippen LogP contribution < -0.4 is 10.6 Å². The molecule has 0 saturated heterocycles. The van der Waals surface area contributed by atoms with Crippen LogP contribution in [0, 0.1) is 5.82 Å². The number of hydrogen-bond acceptors (Lipinski definition) is 3. The normalized spacial score (nSPS) is 15.2. The summed E-state index contributed by atoms with van der Waals surface area (Å²) >= 11 is 0. The monoisotopic (exact) mass is 283 g/mol. The number of hydrogen-bond donors (Lipinski definition) is 2. The van der Waals surface area contributed by atoms with E-state index in [4.69, 9.17) is 0 Å². The number of halogens is 1. The standard InChI is InChI=1S/C17H18FN3/c18-15-8-4-5-13(11-15)12-16(14-6-2-1-3-7-14)21-17-19-9-10-20-17/h1-8,11,16H,9-10,12H2,(H2,19,20,21). The minimum Gasteiger partial charge on any atom is -0.355 e. The first-order chi connectivity index (χ1) is 10.3. The summed E-state index contributed by atoms with van der Waals surface area (Å²) in [5.41, 5.74) is 2.13. The van der Waals surface area contributed by atoms with E-state index < -0.39 is 0 Å². The van der Waals surface area contributed by atoms with Crippen molar-refractivity contribution in [3.63, 3.8) is 0 Å². The molecule has 1 heterocycles. The Balaban J connectivity index is 1.81. The molecule has 1 aliphatic heterocycles. The van der Waals surface area contributed by atoms with E-state index in [0.717, 1.165) is 30.2 Å². The smallest absolute Gasteiger partial charge is 0.191 e. The van der Waals surface area contributed by atoms with Crippen molar-refractivity contribution in [1.82, 2.24) is 10.6 Å². The molecule has 21 heavy (non-hydrogen) atoms. The highest BCUT2D eigenvalue weighted by Gasteiger charge is 2.15. The van der Waals surface area contributed by atoms with Crippen LogP contribution in [-0.4, -0.2) is 19.0 Å². The minimum atomic E-state index is -0.198. The highest BCUT2D eigenvalue weighted by molar-refractivity contribution is 5.81. The van der Waals surface area contributed by atoms with Crippen molar-refractivity contribution in [2.75, 3.05) is 13.1 Å². The van der Waals surface area contributed by atoms with Crippen molar-refractivity contribution in [3.8, 4) is 0 Å². The Morgan fingerprint density at radius 1 is 1.14 bits per heavy atom. The van der Waals surface area contributed by atoms with E-state index >= 15 is 0 Å². The summed E-state index contributed by atoms with van der Waals surface area (Å²) in [5.74, 6) is 0.621. The van der Waals surface area contributed by atoms with E-state index in [2.05, 4.69) is 27.8 Å². The number of nitrogens with one attached hydrogen (secondary N) is 2. The van der Waals surface area contributed by atoms with Gasteiger partial charge in [0.05, 0.1) is 12.6 Å². The zero-order valence-corrected chi connectivity index (χ0v) is 11.7. The molecule has 1 atom stereocenters. The quantitative estimate of drug-likeness (QED) is 0.905. The van der Waals surface area contributed by atoms with Crippen LogP contribution in [0.1, 0.15) is 17.2 Å². The van der Waals surface area contributed by atoms with Crippen molar-refractivity contribution in [2.24, 2.45) is 4.99 Å². The van der Waals surface area contributed by atoms with Gasteiger partial charge < -0.3 is 10.6 Å². The van der Waals surface area contributed by atoms with Crippen LogP contribution in [0.3, 0.4) is 0 Å². The lowest BCUT2D eigenvalue weighted by Gasteiger charge is -2.20. The average molecular weight is 283 g/mol. The zero-order chi connectivity index (χ0) is 14.5. The topological polar surface area (TPSA) is 36.4 Å². The van der Waals surface area contributed by atoms with Gasteiger partial charge in [0.15, 0.2) is 5.96 Å². The Morgan fingerprint density at radius 2 is 2.00 bits per heavy atom. The van der Waals surface area contributed by atoms with Crippen LogP contribution in [0.25, 0.3) is 0 Å². The van der Waals surface area contributed by atoms with Gasteiger partial charge in [-0.05, 0) is 29.7 Å². The summed E-state index contributed by atoms with van der Waals surface area (Å²) in [6.07, 6.45) is 0.711. The van der Waals surface area contributed by atoms with E-state index in [9.17, 15) is 4.39 Å². The van der Waals surface area contributed by atoms with Gasteiger partial charge in [0, 0.05) is 6.54 Å². The summed E-state index contributed by atoms with van der Waals surface area (Å²) in [4.78, 5) is 4.38. The Kier molecular flexibility index (Phi) is 4.15. The number of nitrogens with zero attached hydrogens (tertiary/aromatic N) is 1. The lowest BCUT2D eigenvalue weighted by Crippen LogP contribution is -2.37.